The van der Waals surface area contributed by atoms with Gasteiger partial charge >= 0.3 is 0 Å². The van der Waals surface area contributed by atoms with Gasteiger partial charge in [-0.2, -0.15) is 0 Å². The molecule has 0 bridgehead atoms. The van der Waals surface area contributed by atoms with Crippen LogP contribution in [0, 0.1) is 0 Å². The molecule has 2 aliphatic rings. The smallest absolute Gasteiger partial charge is 0.134 e. The van der Waals surface area contributed by atoms with Gasteiger partial charge in [0.15, 0.2) is 0 Å². The predicted octanol–water partition coefficient (Wildman–Crippen LogP) is 0.418. The van der Waals surface area contributed by atoms with Gasteiger partial charge in [-0.3, -0.25) is 4.90 Å². The van der Waals surface area contributed by atoms with E-state index < -0.39 is 0 Å². The van der Waals surface area contributed by atoms with Crippen molar-refractivity contribution in [2.75, 3.05) is 32.8 Å². The Morgan fingerprint density at radius 1 is 1.58 bits per heavy atom. The largest absolute Gasteiger partial charge is 0.358 e. The fourth-order valence-electron chi connectivity index (χ4n) is 2.34. The van der Waals surface area contributed by atoms with Gasteiger partial charge in [0.1, 0.15) is 5.72 Å². The number of ether oxygens (including phenoxy) is 1. The van der Waals surface area contributed by atoms with E-state index in [4.69, 9.17) is 4.74 Å². The van der Waals surface area contributed by atoms with E-state index in [0.29, 0.717) is 0 Å². The van der Waals surface area contributed by atoms with E-state index in [0.717, 1.165) is 32.8 Å². The summed E-state index contributed by atoms with van der Waals surface area (Å²) in [4.78, 5) is 2.46. The van der Waals surface area contributed by atoms with Crippen molar-refractivity contribution >= 4 is 0 Å². The third kappa shape index (κ3) is 1.26. The summed E-state index contributed by atoms with van der Waals surface area (Å²) in [5.74, 6) is 0. The van der Waals surface area contributed by atoms with Crippen LogP contribution in [0.5, 0.6) is 0 Å². The summed E-state index contributed by atoms with van der Waals surface area (Å²) >= 11 is 0. The number of piperidine rings is 1. The van der Waals surface area contributed by atoms with Crippen LogP contribution in [0.3, 0.4) is 0 Å². The maximum absolute atomic E-state index is 5.85. The highest BCUT2D eigenvalue weighted by Crippen LogP contribution is 2.29. The molecule has 3 nitrogen and oxygen atoms in total. The second kappa shape index (κ2) is 3.32. The van der Waals surface area contributed by atoms with Crippen LogP contribution in [0.15, 0.2) is 0 Å². The molecule has 0 aromatic rings. The standard InChI is InChI=1S/C9H18N2O/c1-2-11-6-7-12-9(11)4-3-5-10-8-9/h10H,2-8H2,1H3. The number of nitrogens with zero attached hydrogens (tertiary/aromatic N) is 1. The Kier molecular flexibility index (Phi) is 2.35. The van der Waals surface area contributed by atoms with E-state index in [1.165, 1.54) is 12.8 Å². The molecule has 0 aromatic carbocycles. The van der Waals surface area contributed by atoms with Crippen molar-refractivity contribution in [2.24, 2.45) is 0 Å². The maximum atomic E-state index is 5.85. The fourth-order valence-corrected chi connectivity index (χ4v) is 2.34. The zero-order valence-electron chi connectivity index (χ0n) is 7.81. The Balaban J connectivity index is 2.05. The minimum atomic E-state index is 0.0625. The summed E-state index contributed by atoms with van der Waals surface area (Å²) in [6.45, 7) is 7.52. The van der Waals surface area contributed by atoms with Gasteiger partial charge in [0, 0.05) is 13.1 Å². The van der Waals surface area contributed by atoms with Gasteiger partial charge in [-0.15, -0.1) is 0 Å². The number of likely N-dealkylation sites (N-methyl/N-ethyl adjacent to an activating group) is 1. The van der Waals surface area contributed by atoms with Gasteiger partial charge < -0.3 is 10.1 Å². The minimum absolute atomic E-state index is 0.0625. The Hall–Kier alpha value is -0.120. The molecular formula is C9H18N2O. The lowest BCUT2D eigenvalue weighted by atomic mass is 10.0. The van der Waals surface area contributed by atoms with Gasteiger partial charge in [0.2, 0.25) is 0 Å². The molecule has 2 fully saturated rings. The third-order valence-electron chi connectivity index (χ3n) is 3.01. The quantitative estimate of drug-likeness (QED) is 0.617. The highest BCUT2D eigenvalue weighted by atomic mass is 16.5. The molecule has 70 valence electrons. The lowest BCUT2D eigenvalue weighted by molar-refractivity contribution is -0.0942. The molecular weight excluding hydrogens is 152 g/mol. The zero-order valence-corrected chi connectivity index (χ0v) is 7.81. The molecule has 0 aliphatic carbocycles. The number of nitrogens with one attached hydrogen (secondary N) is 1. The molecule has 0 aromatic heterocycles. The molecule has 2 saturated heterocycles. The lowest BCUT2D eigenvalue weighted by Gasteiger charge is -2.39. The molecule has 0 saturated carbocycles. The summed E-state index contributed by atoms with van der Waals surface area (Å²) in [7, 11) is 0. The molecule has 2 heterocycles. The Labute approximate surface area is 74.1 Å². The second-order valence-corrected chi connectivity index (χ2v) is 3.65. The predicted molar refractivity (Wildman–Crippen MR) is 48.0 cm³/mol. The zero-order chi connectivity index (χ0) is 8.44. The van der Waals surface area contributed by atoms with Crippen LogP contribution in [0.25, 0.3) is 0 Å². The van der Waals surface area contributed by atoms with Crippen molar-refractivity contribution in [1.82, 2.24) is 10.2 Å². The van der Waals surface area contributed by atoms with Gasteiger partial charge in [-0.25, -0.2) is 0 Å². The highest BCUT2D eigenvalue weighted by molar-refractivity contribution is 4.90. The number of rotatable bonds is 1. The Morgan fingerprint density at radius 3 is 3.17 bits per heavy atom. The highest BCUT2D eigenvalue weighted by Gasteiger charge is 2.41. The number of hydrogen-bond acceptors (Lipinski definition) is 3. The first-order chi connectivity index (χ1) is 5.87. The van der Waals surface area contributed by atoms with E-state index in [-0.39, 0.29) is 5.72 Å². The van der Waals surface area contributed by atoms with Gasteiger partial charge in [0.05, 0.1) is 6.61 Å². The lowest BCUT2D eigenvalue weighted by Crippen LogP contribution is -2.55. The van der Waals surface area contributed by atoms with Gasteiger partial charge in [0.25, 0.3) is 0 Å². The summed E-state index contributed by atoms with van der Waals surface area (Å²) < 4.78 is 5.85. The maximum Gasteiger partial charge on any atom is 0.134 e. The molecule has 12 heavy (non-hydrogen) atoms. The third-order valence-corrected chi connectivity index (χ3v) is 3.01. The molecule has 1 atom stereocenters. The van der Waals surface area contributed by atoms with Crippen LogP contribution in [0.2, 0.25) is 0 Å². The van der Waals surface area contributed by atoms with Crippen LogP contribution in [-0.4, -0.2) is 43.4 Å². The molecule has 0 radical (unpaired) electrons. The molecule has 3 heteroatoms. The first-order valence-corrected chi connectivity index (χ1v) is 4.97. The summed E-state index contributed by atoms with van der Waals surface area (Å²) in [5, 5.41) is 3.42. The molecule has 2 aliphatic heterocycles. The molecule has 0 amide bonds. The summed E-state index contributed by atoms with van der Waals surface area (Å²) in [5.41, 5.74) is 0.0625. The minimum Gasteiger partial charge on any atom is -0.358 e. The van der Waals surface area contributed by atoms with Crippen LogP contribution >= 0.6 is 0 Å². The fraction of sp³-hybridized carbons (Fsp3) is 1.00. The Bertz CT molecular complexity index is 155. The normalized spacial score (nSPS) is 37.8. The van der Waals surface area contributed by atoms with E-state index >= 15 is 0 Å². The second-order valence-electron chi connectivity index (χ2n) is 3.65. The first-order valence-electron chi connectivity index (χ1n) is 4.97. The van der Waals surface area contributed by atoms with Crippen molar-refractivity contribution in [3.05, 3.63) is 0 Å². The van der Waals surface area contributed by atoms with Crippen molar-refractivity contribution in [3.63, 3.8) is 0 Å². The van der Waals surface area contributed by atoms with Crippen LogP contribution in [-0.2, 0) is 4.74 Å². The monoisotopic (exact) mass is 170 g/mol. The van der Waals surface area contributed by atoms with Crippen LogP contribution in [0.1, 0.15) is 19.8 Å². The van der Waals surface area contributed by atoms with E-state index in [1.54, 1.807) is 0 Å². The van der Waals surface area contributed by atoms with Gasteiger partial charge in [-0.1, -0.05) is 6.92 Å². The average molecular weight is 170 g/mol. The molecule has 1 spiro atoms. The van der Waals surface area contributed by atoms with Crippen molar-refractivity contribution in [1.29, 1.82) is 0 Å². The van der Waals surface area contributed by atoms with Crippen molar-refractivity contribution in [3.8, 4) is 0 Å². The van der Waals surface area contributed by atoms with Crippen LogP contribution in [0.4, 0.5) is 0 Å². The first kappa shape index (κ1) is 8.48. The summed E-state index contributed by atoms with van der Waals surface area (Å²) in [6.07, 6.45) is 2.45. The van der Waals surface area contributed by atoms with Crippen molar-refractivity contribution in [2.45, 2.75) is 25.5 Å². The topological polar surface area (TPSA) is 24.5 Å². The summed E-state index contributed by atoms with van der Waals surface area (Å²) in [6, 6.07) is 0. The van der Waals surface area contributed by atoms with Crippen molar-refractivity contribution < 1.29 is 4.74 Å². The van der Waals surface area contributed by atoms with E-state index in [1.807, 2.05) is 0 Å². The molecule has 1 unspecified atom stereocenters. The van der Waals surface area contributed by atoms with E-state index in [9.17, 15) is 0 Å². The number of hydrogen-bond donors (Lipinski definition) is 1. The SMILES string of the molecule is CCN1CCOC12CCCNC2. The molecule has 2 rings (SSSR count). The van der Waals surface area contributed by atoms with Crippen LogP contribution < -0.4 is 5.32 Å². The van der Waals surface area contributed by atoms with E-state index in [2.05, 4.69) is 17.1 Å². The average Bonchev–Trinajstić information content (AvgIpc) is 2.49. The molecule has 1 N–H and O–H groups in total. The van der Waals surface area contributed by atoms with Gasteiger partial charge in [-0.05, 0) is 25.9 Å². The Morgan fingerprint density at radius 2 is 2.50 bits per heavy atom.